The third kappa shape index (κ3) is 5.94. The molecule has 0 aliphatic heterocycles. The third-order valence-electron chi connectivity index (χ3n) is 3.46. The Balaban J connectivity index is 2.53. The highest BCUT2D eigenvalue weighted by molar-refractivity contribution is 5.76. The van der Waals surface area contributed by atoms with Crippen molar-refractivity contribution in [1.29, 1.82) is 0 Å². The summed E-state index contributed by atoms with van der Waals surface area (Å²) in [5, 5.41) is 11.8. The van der Waals surface area contributed by atoms with E-state index in [2.05, 4.69) is 5.32 Å². The SMILES string of the molecule is CCCN(CC1CC1)C(=O)NC(CC(=O)O)C(C)C. The van der Waals surface area contributed by atoms with Gasteiger partial charge >= 0.3 is 12.0 Å². The van der Waals surface area contributed by atoms with Gasteiger partial charge in [0.05, 0.1) is 6.42 Å². The van der Waals surface area contributed by atoms with Crippen molar-refractivity contribution in [3.8, 4) is 0 Å². The number of carboxylic acids is 1. The van der Waals surface area contributed by atoms with Gasteiger partial charge in [0.1, 0.15) is 0 Å². The van der Waals surface area contributed by atoms with Crippen LogP contribution in [-0.4, -0.2) is 41.1 Å². The van der Waals surface area contributed by atoms with Crippen LogP contribution in [0.2, 0.25) is 0 Å². The van der Waals surface area contributed by atoms with Crippen LogP contribution in [0.4, 0.5) is 4.79 Å². The highest BCUT2D eigenvalue weighted by Crippen LogP contribution is 2.29. The molecule has 1 saturated carbocycles. The summed E-state index contributed by atoms with van der Waals surface area (Å²) in [4.78, 5) is 24.9. The zero-order valence-electron chi connectivity index (χ0n) is 12.2. The van der Waals surface area contributed by atoms with E-state index in [0.29, 0.717) is 5.92 Å². The molecule has 0 bridgehead atoms. The lowest BCUT2D eigenvalue weighted by Gasteiger charge is -2.27. The summed E-state index contributed by atoms with van der Waals surface area (Å²) in [5.74, 6) is -0.109. The minimum absolute atomic E-state index is 0.0210. The predicted molar refractivity (Wildman–Crippen MR) is 74.0 cm³/mol. The van der Waals surface area contributed by atoms with Crippen molar-refractivity contribution in [2.45, 2.75) is 52.5 Å². The molecule has 0 radical (unpaired) electrons. The van der Waals surface area contributed by atoms with Crippen molar-refractivity contribution in [2.24, 2.45) is 11.8 Å². The molecular formula is C14H26N2O3. The molecule has 1 atom stereocenters. The highest BCUT2D eigenvalue weighted by Gasteiger charge is 2.28. The van der Waals surface area contributed by atoms with Gasteiger partial charge in [-0.15, -0.1) is 0 Å². The Kier molecular flexibility index (Phi) is 6.12. The highest BCUT2D eigenvalue weighted by atomic mass is 16.4. The minimum Gasteiger partial charge on any atom is -0.481 e. The van der Waals surface area contributed by atoms with Crippen LogP contribution in [0.25, 0.3) is 0 Å². The first-order chi connectivity index (χ1) is 8.93. The van der Waals surface area contributed by atoms with Crippen LogP contribution >= 0.6 is 0 Å². The summed E-state index contributed by atoms with van der Waals surface area (Å²) >= 11 is 0. The summed E-state index contributed by atoms with van der Waals surface area (Å²) in [5.41, 5.74) is 0. The Morgan fingerprint density at radius 3 is 2.42 bits per heavy atom. The number of nitrogens with one attached hydrogen (secondary N) is 1. The number of urea groups is 1. The normalized spacial score (nSPS) is 16.2. The van der Waals surface area contributed by atoms with Crippen LogP contribution in [0.5, 0.6) is 0 Å². The molecule has 0 saturated heterocycles. The van der Waals surface area contributed by atoms with Gasteiger partial charge in [0.15, 0.2) is 0 Å². The van der Waals surface area contributed by atoms with E-state index in [4.69, 9.17) is 5.11 Å². The minimum atomic E-state index is -0.872. The van der Waals surface area contributed by atoms with Gasteiger partial charge < -0.3 is 15.3 Å². The van der Waals surface area contributed by atoms with Crippen LogP contribution in [0, 0.1) is 11.8 Å². The second-order valence-corrected chi connectivity index (χ2v) is 5.79. The average Bonchev–Trinajstić information content (AvgIpc) is 3.10. The number of hydrogen-bond acceptors (Lipinski definition) is 2. The van der Waals surface area contributed by atoms with Gasteiger partial charge in [-0.25, -0.2) is 4.79 Å². The number of carboxylic acid groups (broad SMARTS) is 1. The number of hydrogen-bond donors (Lipinski definition) is 2. The van der Waals surface area contributed by atoms with Gasteiger partial charge in [-0.2, -0.15) is 0 Å². The number of rotatable bonds is 8. The van der Waals surface area contributed by atoms with E-state index in [1.807, 2.05) is 25.7 Å². The fraction of sp³-hybridized carbons (Fsp3) is 0.857. The van der Waals surface area contributed by atoms with Gasteiger partial charge in [-0.1, -0.05) is 20.8 Å². The summed E-state index contributed by atoms with van der Waals surface area (Å²) in [6, 6.07) is -0.419. The van der Waals surface area contributed by atoms with Crippen LogP contribution in [0.15, 0.2) is 0 Å². The molecule has 0 aromatic carbocycles. The summed E-state index contributed by atoms with van der Waals surface area (Å²) in [6.45, 7) is 7.44. The maximum atomic E-state index is 12.2. The lowest BCUT2D eigenvalue weighted by Crippen LogP contribution is -2.48. The van der Waals surface area contributed by atoms with Crippen molar-refractivity contribution >= 4 is 12.0 Å². The first-order valence-corrected chi connectivity index (χ1v) is 7.21. The molecule has 5 nitrogen and oxygen atoms in total. The largest absolute Gasteiger partial charge is 0.481 e. The molecule has 1 unspecified atom stereocenters. The van der Waals surface area contributed by atoms with Crippen molar-refractivity contribution in [3.63, 3.8) is 0 Å². The van der Waals surface area contributed by atoms with Gasteiger partial charge in [-0.05, 0) is 31.1 Å². The third-order valence-corrected chi connectivity index (χ3v) is 3.46. The second-order valence-electron chi connectivity index (χ2n) is 5.79. The Morgan fingerprint density at radius 1 is 1.37 bits per heavy atom. The molecule has 19 heavy (non-hydrogen) atoms. The molecule has 1 aliphatic carbocycles. The fourth-order valence-electron chi connectivity index (χ4n) is 2.05. The van der Waals surface area contributed by atoms with Crippen molar-refractivity contribution in [2.75, 3.05) is 13.1 Å². The number of carbonyl (C=O) groups excluding carboxylic acids is 1. The molecule has 110 valence electrons. The Bertz CT molecular complexity index is 314. The lowest BCUT2D eigenvalue weighted by molar-refractivity contribution is -0.137. The molecular weight excluding hydrogens is 244 g/mol. The van der Waals surface area contributed by atoms with Gasteiger partial charge in [-0.3, -0.25) is 4.79 Å². The predicted octanol–water partition coefficient (Wildman–Crippen LogP) is 2.32. The first kappa shape index (κ1) is 15.8. The Morgan fingerprint density at radius 2 is 2.00 bits per heavy atom. The monoisotopic (exact) mass is 270 g/mol. The molecule has 2 N–H and O–H groups in total. The first-order valence-electron chi connectivity index (χ1n) is 7.21. The molecule has 2 amide bonds. The van der Waals surface area contributed by atoms with E-state index >= 15 is 0 Å². The van der Waals surface area contributed by atoms with Gasteiger partial charge in [0, 0.05) is 19.1 Å². The number of aliphatic carboxylic acids is 1. The van der Waals surface area contributed by atoms with Gasteiger partial charge in [0.2, 0.25) is 0 Å². The molecule has 1 fully saturated rings. The van der Waals surface area contributed by atoms with Crippen LogP contribution in [-0.2, 0) is 4.79 Å². The number of amides is 2. The van der Waals surface area contributed by atoms with E-state index in [-0.39, 0.29) is 24.4 Å². The zero-order valence-corrected chi connectivity index (χ0v) is 12.2. The standard InChI is InChI=1S/C14H26N2O3/c1-4-7-16(9-11-5-6-11)14(19)15-12(10(2)3)8-13(17)18/h10-12H,4-9H2,1-3H3,(H,15,19)(H,17,18). The summed E-state index contributed by atoms with van der Waals surface area (Å²) < 4.78 is 0. The fourth-order valence-corrected chi connectivity index (χ4v) is 2.05. The zero-order chi connectivity index (χ0) is 14.4. The van der Waals surface area contributed by atoms with Crippen LogP contribution < -0.4 is 5.32 Å². The van der Waals surface area contributed by atoms with E-state index in [9.17, 15) is 9.59 Å². The molecule has 0 aromatic heterocycles. The molecule has 0 spiro atoms. The van der Waals surface area contributed by atoms with E-state index in [1.54, 1.807) is 0 Å². The molecule has 1 rings (SSSR count). The summed E-state index contributed by atoms with van der Waals surface area (Å²) in [7, 11) is 0. The maximum Gasteiger partial charge on any atom is 0.317 e. The molecule has 0 aromatic rings. The molecule has 0 heterocycles. The Labute approximate surface area is 115 Å². The molecule has 1 aliphatic rings. The van der Waals surface area contributed by atoms with Gasteiger partial charge in [0.25, 0.3) is 0 Å². The van der Waals surface area contributed by atoms with E-state index in [0.717, 1.165) is 19.5 Å². The smallest absolute Gasteiger partial charge is 0.317 e. The van der Waals surface area contributed by atoms with E-state index < -0.39 is 5.97 Å². The second kappa shape index (κ2) is 7.36. The van der Waals surface area contributed by atoms with Crippen molar-refractivity contribution in [1.82, 2.24) is 10.2 Å². The van der Waals surface area contributed by atoms with Crippen molar-refractivity contribution < 1.29 is 14.7 Å². The summed E-state index contributed by atoms with van der Waals surface area (Å²) in [6.07, 6.45) is 3.31. The van der Waals surface area contributed by atoms with Crippen LogP contribution in [0.1, 0.15) is 46.5 Å². The quantitative estimate of drug-likeness (QED) is 0.711. The average molecular weight is 270 g/mol. The topological polar surface area (TPSA) is 69.6 Å². The molecule has 5 heteroatoms. The Hall–Kier alpha value is -1.26. The number of nitrogens with zero attached hydrogens (tertiary/aromatic N) is 1. The lowest BCUT2D eigenvalue weighted by atomic mass is 10.0. The van der Waals surface area contributed by atoms with Crippen LogP contribution in [0.3, 0.4) is 0 Å². The number of carbonyl (C=O) groups is 2. The van der Waals surface area contributed by atoms with Crippen molar-refractivity contribution in [3.05, 3.63) is 0 Å². The van der Waals surface area contributed by atoms with E-state index in [1.165, 1.54) is 12.8 Å². The maximum absolute atomic E-state index is 12.2.